The molecule has 24 heavy (non-hydrogen) atoms. The zero-order valence-corrected chi connectivity index (χ0v) is 14.9. The molecular weight excluding hydrogens is 330 g/mol. The SMILES string of the molecule is CCCn1c(S[C@H](C)C(=O)NC(=O)NC2CCCCC2)n[nH]c1=O. The summed E-state index contributed by atoms with van der Waals surface area (Å²) in [6, 6.07) is -0.303. The van der Waals surface area contributed by atoms with E-state index in [4.69, 9.17) is 0 Å². The first kappa shape index (κ1) is 18.6. The number of imide groups is 1. The number of nitrogens with zero attached hydrogens (tertiary/aromatic N) is 2. The third-order valence-electron chi connectivity index (χ3n) is 4.00. The van der Waals surface area contributed by atoms with Gasteiger partial charge in [-0.25, -0.2) is 14.7 Å². The number of rotatable bonds is 6. The predicted octanol–water partition coefficient (Wildman–Crippen LogP) is 1.62. The minimum absolute atomic E-state index is 0.149. The maximum atomic E-state index is 12.2. The zero-order chi connectivity index (χ0) is 17.5. The molecule has 8 nitrogen and oxygen atoms in total. The lowest BCUT2D eigenvalue weighted by Crippen LogP contribution is -2.47. The summed E-state index contributed by atoms with van der Waals surface area (Å²) in [6.45, 7) is 4.18. The quantitative estimate of drug-likeness (QED) is 0.672. The molecule has 0 aliphatic heterocycles. The van der Waals surface area contributed by atoms with E-state index in [-0.39, 0.29) is 11.7 Å². The van der Waals surface area contributed by atoms with E-state index in [9.17, 15) is 14.4 Å². The fraction of sp³-hybridized carbons (Fsp3) is 0.733. The van der Waals surface area contributed by atoms with Crippen molar-refractivity contribution < 1.29 is 9.59 Å². The van der Waals surface area contributed by atoms with Gasteiger partial charge in [0.25, 0.3) is 0 Å². The Bertz CT molecular complexity index is 621. The zero-order valence-electron chi connectivity index (χ0n) is 14.1. The van der Waals surface area contributed by atoms with Crippen molar-refractivity contribution in [3.63, 3.8) is 0 Å². The molecule has 1 aliphatic carbocycles. The first-order chi connectivity index (χ1) is 11.5. The van der Waals surface area contributed by atoms with Crippen LogP contribution in [0.5, 0.6) is 0 Å². The third kappa shape index (κ3) is 5.12. The van der Waals surface area contributed by atoms with Crippen LogP contribution in [0.15, 0.2) is 9.95 Å². The van der Waals surface area contributed by atoms with E-state index in [2.05, 4.69) is 20.8 Å². The standard InChI is InChI=1S/C15H25N5O3S/c1-3-9-20-14(23)18-19-15(20)24-10(2)12(21)17-13(22)16-11-7-5-4-6-8-11/h10-11H,3-9H2,1-2H3,(H,18,23)(H2,16,17,21,22)/t10-/m1/s1. The van der Waals surface area contributed by atoms with Crippen molar-refractivity contribution in [2.45, 2.75) is 75.4 Å². The van der Waals surface area contributed by atoms with Gasteiger partial charge >= 0.3 is 11.7 Å². The molecule has 134 valence electrons. The largest absolute Gasteiger partial charge is 0.343 e. The van der Waals surface area contributed by atoms with Gasteiger partial charge in [-0.2, -0.15) is 0 Å². The number of hydrogen-bond donors (Lipinski definition) is 3. The van der Waals surface area contributed by atoms with Gasteiger partial charge in [-0.15, -0.1) is 5.10 Å². The Morgan fingerprint density at radius 1 is 1.38 bits per heavy atom. The molecule has 2 rings (SSSR count). The van der Waals surface area contributed by atoms with Crippen LogP contribution >= 0.6 is 11.8 Å². The van der Waals surface area contributed by atoms with Gasteiger partial charge in [0.2, 0.25) is 5.91 Å². The molecule has 0 aromatic carbocycles. The van der Waals surface area contributed by atoms with E-state index in [1.54, 1.807) is 6.92 Å². The second kappa shape index (κ2) is 8.91. The summed E-state index contributed by atoms with van der Waals surface area (Å²) in [7, 11) is 0. The Labute approximate surface area is 145 Å². The maximum Gasteiger partial charge on any atom is 0.343 e. The molecule has 1 atom stereocenters. The molecule has 0 unspecified atom stereocenters. The summed E-state index contributed by atoms with van der Waals surface area (Å²) < 4.78 is 1.50. The highest BCUT2D eigenvalue weighted by Gasteiger charge is 2.22. The number of carbonyl (C=O) groups is 2. The second-order valence-corrected chi connectivity index (χ2v) is 7.33. The van der Waals surface area contributed by atoms with E-state index in [1.807, 2.05) is 6.92 Å². The van der Waals surface area contributed by atoms with Gasteiger partial charge < -0.3 is 5.32 Å². The van der Waals surface area contributed by atoms with Gasteiger partial charge in [0, 0.05) is 12.6 Å². The molecule has 1 aliphatic rings. The normalized spacial score (nSPS) is 16.6. The fourth-order valence-electron chi connectivity index (χ4n) is 2.71. The maximum absolute atomic E-state index is 12.2. The number of carbonyl (C=O) groups excluding carboxylic acids is 2. The summed E-state index contributed by atoms with van der Waals surface area (Å²) in [5.74, 6) is -0.396. The van der Waals surface area contributed by atoms with Gasteiger partial charge in [-0.05, 0) is 26.2 Å². The van der Waals surface area contributed by atoms with Crippen LogP contribution < -0.4 is 16.3 Å². The Hall–Kier alpha value is -1.77. The lowest BCUT2D eigenvalue weighted by molar-refractivity contribution is -0.119. The molecular formula is C15H25N5O3S. The van der Waals surface area contributed by atoms with E-state index < -0.39 is 17.2 Å². The molecule has 0 spiro atoms. The highest BCUT2D eigenvalue weighted by molar-refractivity contribution is 8.00. The van der Waals surface area contributed by atoms with Crippen LogP contribution in [-0.4, -0.2) is 38.0 Å². The molecule has 3 amide bonds. The average molecular weight is 355 g/mol. The Balaban J connectivity index is 1.85. The summed E-state index contributed by atoms with van der Waals surface area (Å²) in [6.07, 6.45) is 6.14. The topological polar surface area (TPSA) is 109 Å². The Kier molecular flexibility index (Phi) is 6.89. The predicted molar refractivity (Wildman–Crippen MR) is 92.0 cm³/mol. The van der Waals surface area contributed by atoms with Gasteiger partial charge in [0.1, 0.15) is 0 Å². The molecule has 1 saturated carbocycles. The molecule has 0 bridgehead atoms. The summed E-state index contributed by atoms with van der Waals surface area (Å²) >= 11 is 1.16. The lowest BCUT2D eigenvalue weighted by atomic mass is 9.96. The van der Waals surface area contributed by atoms with Crippen LogP contribution in [0.1, 0.15) is 52.4 Å². The van der Waals surface area contributed by atoms with Crippen LogP contribution in [0.4, 0.5) is 4.79 Å². The number of thioether (sulfide) groups is 1. The minimum atomic E-state index is -0.534. The first-order valence-corrected chi connectivity index (χ1v) is 9.32. The summed E-state index contributed by atoms with van der Waals surface area (Å²) in [4.78, 5) is 35.7. The van der Waals surface area contributed by atoms with Crippen LogP contribution in [0.3, 0.4) is 0 Å². The van der Waals surface area contributed by atoms with Gasteiger partial charge in [-0.3, -0.25) is 14.7 Å². The van der Waals surface area contributed by atoms with E-state index in [0.29, 0.717) is 11.7 Å². The van der Waals surface area contributed by atoms with Gasteiger partial charge in [0.15, 0.2) is 5.16 Å². The van der Waals surface area contributed by atoms with Crippen LogP contribution in [0.2, 0.25) is 0 Å². The molecule has 0 radical (unpaired) electrons. The number of aromatic amines is 1. The summed E-state index contributed by atoms with van der Waals surface area (Å²) in [5, 5.41) is 11.5. The molecule has 1 heterocycles. The molecule has 1 aromatic heterocycles. The van der Waals surface area contributed by atoms with E-state index >= 15 is 0 Å². The molecule has 3 N–H and O–H groups in total. The number of H-pyrrole nitrogens is 1. The highest BCUT2D eigenvalue weighted by Crippen LogP contribution is 2.20. The molecule has 1 fully saturated rings. The smallest absolute Gasteiger partial charge is 0.335 e. The van der Waals surface area contributed by atoms with Crippen molar-refractivity contribution >= 4 is 23.7 Å². The average Bonchev–Trinajstić information content (AvgIpc) is 2.89. The van der Waals surface area contributed by atoms with Gasteiger partial charge in [-0.1, -0.05) is 37.9 Å². The Morgan fingerprint density at radius 2 is 2.08 bits per heavy atom. The minimum Gasteiger partial charge on any atom is -0.335 e. The van der Waals surface area contributed by atoms with Crippen molar-refractivity contribution in [1.82, 2.24) is 25.4 Å². The highest BCUT2D eigenvalue weighted by atomic mass is 32.2. The first-order valence-electron chi connectivity index (χ1n) is 8.44. The monoisotopic (exact) mass is 355 g/mol. The molecule has 9 heteroatoms. The third-order valence-corrected chi connectivity index (χ3v) is 5.09. The van der Waals surface area contributed by atoms with Crippen molar-refractivity contribution in [2.24, 2.45) is 0 Å². The number of nitrogens with one attached hydrogen (secondary N) is 3. The van der Waals surface area contributed by atoms with Crippen LogP contribution in [-0.2, 0) is 11.3 Å². The van der Waals surface area contributed by atoms with Gasteiger partial charge in [0.05, 0.1) is 5.25 Å². The molecule has 1 aromatic rings. The van der Waals surface area contributed by atoms with Crippen molar-refractivity contribution in [3.8, 4) is 0 Å². The summed E-state index contributed by atoms with van der Waals surface area (Å²) in [5.41, 5.74) is -0.290. The number of hydrogen-bond acceptors (Lipinski definition) is 5. The number of amides is 3. The lowest BCUT2D eigenvalue weighted by Gasteiger charge is -2.23. The number of urea groups is 1. The fourth-order valence-corrected chi connectivity index (χ4v) is 3.59. The van der Waals surface area contributed by atoms with Crippen molar-refractivity contribution in [1.29, 1.82) is 0 Å². The van der Waals surface area contributed by atoms with Crippen LogP contribution in [0, 0.1) is 0 Å². The number of aromatic nitrogens is 3. The van der Waals surface area contributed by atoms with Crippen LogP contribution in [0.25, 0.3) is 0 Å². The second-order valence-electron chi connectivity index (χ2n) is 6.02. The van der Waals surface area contributed by atoms with Crippen molar-refractivity contribution in [3.05, 3.63) is 10.5 Å². The Morgan fingerprint density at radius 3 is 2.75 bits per heavy atom. The molecule has 0 saturated heterocycles. The van der Waals surface area contributed by atoms with E-state index in [0.717, 1.165) is 43.9 Å². The van der Waals surface area contributed by atoms with Crippen molar-refractivity contribution in [2.75, 3.05) is 0 Å². The van der Waals surface area contributed by atoms with E-state index in [1.165, 1.54) is 11.0 Å².